The van der Waals surface area contributed by atoms with Gasteiger partial charge in [-0.3, -0.25) is 9.59 Å². The molecule has 1 heterocycles. The average molecular weight is 261 g/mol. The van der Waals surface area contributed by atoms with Gasteiger partial charge in [-0.2, -0.15) is 0 Å². The molecular formula is C15H19NO3. The second-order valence-corrected chi connectivity index (χ2v) is 5.02. The number of hydrogen-bond acceptors (Lipinski definition) is 3. The van der Waals surface area contributed by atoms with Crippen LogP contribution in [0.2, 0.25) is 0 Å². The Balaban J connectivity index is 2.05. The molecule has 1 fully saturated rings. The maximum Gasteiger partial charge on any atom is 0.310 e. The zero-order chi connectivity index (χ0) is 13.8. The van der Waals surface area contributed by atoms with Gasteiger partial charge in [-0.15, -0.1) is 0 Å². The fourth-order valence-corrected chi connectivity index (χ4v) is 2.46. The zero-order valence-electron chi connectivity index (χ0n) is 11.4. The summed E-state index contributed by atoms with van der Waals surface area (Å²) in [5.41, 5.74) is 2.27. The summed E-state index contributed by atoms with van der Waals surface area (Å²) in [6.07, 6.45) is 1.02. The number of piperidine rings is 1. The first-order valence-corrected chi connectivity index (χ1v) is 6.51. The molecule has 0 radical (unpaired) electrons. The molecule has 1 atom stereocenters. The van der Waals surface area contributed by atoms with E-state index >= 15 is 0 Å². The van der Waals surface area contributed by atoms with Crippen molar-refractivity contribution in [3.63, 3.8) is 0 Å². The maximum absolute atomic E-state index is 11.9. The molecule has 0 aliphatic carbocycles. The Labute approximate surface area is 113 Å². The summed E-state index contributed by atoms with van der Waals surface area (Å²) in [7, 11) is 1.39. The Morgan fingerprint density at radius 2 is 2.26 bits per heavy atom. The minimum atomic E-state index is -0.221. The molecule has 1 aromatic rings. The smallest absolute Gasteiger partial charge is 0.310 e. The molecule has 102 valence electrons. The number of benzene rings is 1. The Morgan fingerprint density at radius 1 is 1.47 bits per heavy atom. The van der Waals surface area contributed by atoms with Crippen LogP contribution in [0.25, 0.3) is 0 Å². The number of carbonyl (C=O) groups is 2. The summed E-state index contributed by atoms with van der Waals surface area (Å²) in [6.45, 7) is 3.05. The highest BCUT2D eigenvalue weighted by atomic mass is 16.5. The lowest BCUT2D eigenvalue weighted by atomic mass is 9.97. The van der Waals surface area contributed by atoms with Crippen molar-refractivity contribution in [1.82, 2.24) is 4.90 Å². The minimum absolute atomic E-state index is 0.113. The second kappa shape index (κ2) is 5.87. The normalized spacial score (nSPS) is 19.4. The quantitative estimate of drug-likeness (QED) is 0.781. The highest BCUT2D eigenvalue weighted by Gasteiger charge is 2.30. The van der Waals surface area contributed by atoms with Crippen molar-refractivity contribution in [2.24, 2.45) is 5.92 Å². The minimum Gasteiger partial charge on any atom is -0.469 e. The molecule has 1 amide bonds. The number of rotatable bonds is 3. The van der Waals surface area contributed by atoms with Gasteiger partial charge in [-0.25, -0.2) is 0 Å². The largest absolute Gasteiger partial charge is 0.469 e. The number of likely N-dealkylation sites (tertiary alicyclic amines) is 1. The van der Waals surface area contributed by atoms with Gasteiger partial charge in [0, 0.05) is 19.5 Å². The fourth-order valence-electron chi connectivity index (χ4n) is 2.46. The monoisotopic (exact) mass is 261 g/mol. The predicted molar refractivity (Wildman–Crippen MR) is 71.3 cm³/mol. The number of hydrogen-bond donors (Lipinski definition) is 0. The SMILES string of the molecule is COC(=O)[C@@H]1CCC(=O)N(Cc2cccc(C)c2)C1. The molecular weight excluding hydrogens is 242 g/mol. The van der Waals surface area contributed by atoms with Crippen LogP contribution >= 0.6 is 0 Å². The van der Waals surface area contributed by atoms with Gasteiger partial charge in [0.15, 0.2) is 0 Å². The molecule has 19 heavy (non-hydrogen) atoms. The summed E-state index contributed by atoms with van der Waals surface area (Å²) in [5.74, 6) is -0.295. The first-order valence-electron chi connectivity index (χ1n) is 6.51. The summed E-state index contributed by atoms with van der Waals surface area (Å²) in [5, 5.41) is 0. The van der Waals surface area contributed by atoms with Gasteiger partial charge in [0.25, 0.3) is 0 Å². The molecule has 1 aromatic carbocycles. The van der Waals surface area contributed by atoms with Crippen LogP contribution in [0.1, 0.15) is 24.0 Å². The lowest BCUT2D eigenvalue weighted by molar-refractivity contribution is -0.150. The number of methoxy groups -OCH3 is 1. The average Bonchev–Trinajstić information content (AvgIpc) is 2.40. The third-order valence-corrected chi connectivity index (χ3v) is 3.49. The number of aryl methyl sites for hydroxylation is 1. The van der Waals surface area contributed by atoms with Gasteiger partial charge in [0.1, 0.15) is 0 Å². The molecule has 0 aromatic heterocycles. The van der Waals surface area contributed by atoms with E-state index in [1.807, 2.05) is 25.1 Å². The zero-order valence-corrected chi connectivity index (χ0v) is 11.4. The van der Waals surface area contributed by atoms with Crippen LogP contribution in [0.15, 0.2) is 24.3 Å². The van der Waals surface area contributed by atoms with Crippen LogP contribution in [-0.4, -0.2) is 30.4 Å². The van der Waals surface area contributed by atoms with Gasteiger partial charge in [-0.1, -0.05) is 29.8 Å². The molecule has 4 nitrogen and oxygen atoms in total. The van der Waals surface area contributed by atoms with Crippen molar-refractivity contribution < 1.29 is 14.3 Å². The Kier molecular flexibility index (Phi) is 4.20. The Hall–Kier alpha value is -1.84. The molecule has 4 heteroatoms. The van der Waals surface area contributed by atoms with Crippen LogP contribution in [0.4, 0.5) is 0 Å². The van der Waals surface area contributed by atoms with Gasteiger partial charge in [0.05, 0.1) is 13.0 Å². The van der Waals surface area contributed by atoms with E-state index in [0.29, 0.717) is 25.9 Å². The number of esters is 1. The lowest BCUT2D eigenvalue weighted by Crippen LogP contribution is -2.42. The number of carbonyl (C=O) groups excluding carboxylic acids is 2. The maximum atomic E-state index is 11.9. The van der Waals surface area contributed by atoms with Crippen LogP contribution in [-0.2, 0) is 20.9 Å². The highest BCUT2D eigenvalue weighted by molar-refractivity contribution is 5.81. The molecule has 0 saturated carbocycles. The van der Waals surface area contributed by atoms with Gasteiger partial charge in [0.2, 0.25) is 5.91 Å². The first kappa shape index (κ1) is 13.6. The van der Waals surface area contributed by atoms with Crippen molar-refractivity contribution in [3.05, 3.63) is 35.4 Å². The standard InChI is InChI=1S/C15H19NO3/c1-11-4-3-5-12(8-11)9-16-10-13(15(18)19-2)6-7-14(16)17/h3-5,8,13H,6-7,9-10H2,1-2H3/t13-/m1/s1. The Morgan fingerprint density at radius 3 is 2.95 bits per heavy atom. The topological polar surface area (TPSA) is 46.6 Å². The summed E-state index contributed by atoms with van der Waals surface area (Å²) in [6, 6.07) is 8.08. The summed E-state index contributed by atoms with van der Waals surface area (Å²) in [4.78, 5) is 25.2. The summed E-state index contributed by atoms with van der Waals surface area (Å²) < 4.78 is 4.77. The van der Waals surface area contributed by atoms with E-state index in [1.54, 1.807) is 4.90 Å². The lowest BCUT2D eigenvalue weighted by Gasteiger charge is -2.31. The van der Waals surface area contributed by atoms with Gasteiger partial charge < -0.3 is 9.64 Å². The van der Waals surface area contributed by atoms with Gasteiger partial charge >= 0.3 is 5.97 Å². The van der Waals surface area contributed by atoms with Gasteiger partial charge in [-0.05, 0) is 18.9 Å². The van der Waals surface area contributed by atoms with E-state index in [9.17, 15) is 9.59 Å². The van der Waals surface area contributed by atoms with E-state index in [1.165, 1.54) is 12.7 Å². The van der Waals surface area contributed by atoms with Crippen LogP contribution in [0, 0.1) is 12.8 Å². The van der Waals surface area contributed by atoms with E-state index in [0.717, 1.165) is 5.56 Å². The number of ether oxygens (including phenoxy) is 1. The predicted octanol–water partition coefficient (Wildman–Crippen LogP) is 1.91. The van der Waals surface area contributed by atoms with E-state index in [4.69, 9.17) is 4.74 Å². The molecule has 0 spiro atoms. The van der Waals surface area contributed by atoms with E-state index < -0.39 is 0 Å². The number of amides is 1. The summed E-state index contributed by atoms with van der Waals surface area (Å²) >= 11 is 0. The third-order valence-electron chi connectivity index (χ3n) is 3.49. The fraction of sp³-hybridized carbons (Fsp3) is 0.467. The second-order valence-electron chi connectivity index (χ2n) is 5.02. The van der Waals surface area contributed by atoms with Crippen LogP contribution in [0.3, 0.4) is 0 Å². The molecule has 0 N–H and O–H groups in total. The van der Waals surface area contributed by atoms with Crippen molar-refractivity contribution in [2.45, 2.75) is 26.3 Å². The molecule has 1 aliphatic heterocycles. The van der Waals surface area contributed by atoms with Crippen molar-refractivity contribution in [1.29, 1.82) is 0 Å². The molecule has 2 rings (SSSR count). The van der Waals surface area contributed by atoms with Crippen LogP contribution in [0.5, 0.6) is 0 Å². The van der Waals surface area contributed by atoms with Crippen molar-refractivity contribution in [3.8, 4) is 0 Å². The highest BCUT2D eigenvalue weighted by Crippen LogP contribution is 2.21. The first-order chi connectivity index (χ1) is 9.10. The third kappa shape index (κ3) is 3.34. The molecule has 1 saturated heterocycles. The van der Waals surface area contributed by atoms with E-state index in [-0.39, 0.29) is 17.8 Å². The van der Waals surface area contributed by atoms with Crippen molar-refractivity contribution in [2.75, 3.05) is 13.7 Å². The van der Waals surface area contributed by atoms with E-state index in [2.05, 4.69) is 6.07 Å². The Bertz CT molecular complexity index is 484. The molecule has 1 aliphatic rings. The molecule has 0 bridgehead atoms. The van der Waals surface area contributed by atoms with Crippen molar-refractivity contribution >= 4 is 11.9 Å². The number of nitrogens with zero attached hydrogens (tertiary/aromatic N) is 1. The molecule has 0 unspecified atom stereocenters. The van der Waals surface area contributed by atoms with Crippen LogP contribution < -0.4 is 0 Å².